The van der Waals surface area contributed by atoms with Crippen molar-refractivity contribution in [2.24, 2.45) is 5.10 Å². The minimum atomic E-state index is -0.465. The number of hydrogen-bond acceptors (Lipinski definition) is 4. The number of nitrogen functional groups attached to an aromatic ring is 2. The molecule has 22 heavy (non-hydrogen) atoms. The Labute approximate surface area is 133 Å². The Bertz CT molecular complexity index is 704. The molecule has 0 aliphatic heterocycles. The highest BCUT2D eigenvalue weighted by atomic mass is 35.5. The number of rotatable bonds is 4. The number of urea groups is 1. The Hall–Kier alpha value is -2.73. The molecule has 0 radical (unpaired) electrons. The summed E-state index contributed by atoms with van der Waals surface area (Å²) in [7, 11) is 0. The Morgan fingerprint density at radius 1 is 1.27 bits per heavy atom. The number of hydrazone groups is 1. The van der Waals surface area contributed by atoms with Gasteiger partial charge in [-0.2, -0.15) is 10.1 Å². The Morgan fingerprint density at radius 2 is 2.05 bits per heavy atom. The number of nitrogens with one attached hydrogen (secondary N) is 1. The molecule has 2 aromatic carbocycles. The Kier molecular flexibility index (Phi) is 4.85. The molecule has 0 bridgehead atoms. The number of nitrogens with two attached hydrogens (primary N) is 2. The van der Waals surface area contributed by atoms with Crippen LogP contribution >= 0.6 is 11.6 Å². The van der Waals surface area contributed by atoms with Crippen LogP contribution in [0.4, 0.5) is 21.9 Å². The van der Waals surface area contributed by atoms with E-state index in [1.807, 2.05) is 12.1 Å². The molecule has 0 fully saturated rings. The molecule has 0 saturated carbocycles. The average Bonchev–Trinajstić information content (AvgIpc) is 2.49. The third-order valence-electron chi connectivity index (χ3n) is 2.95. The topological polar surface area (TPSA) is 96.7 Å². The second kappa shape index (κ2) is 6.82. The predicted octanol–water partition coefficient (Wildman–Crippen LogP) is 2.84. The maximum absolute atomic E-state index is 12.2. The smallest absolute Gasteiger partial charge is 0.342 e. The molecule has 0 aliphatic rings. The fourth-order valence-electron chi connectivity index (χ4n) is 1.89. The summed E-state index contributed by atoms with van der Waals surface area (Å²) in [6.45, 7) is 3.70. The van der Waals surface area contributed by atoms with Crippen molar-refractivity contribution in [3.8, 4) is 0 Å². The SMILES string of the molecule is C=NN(C(=O)NCc1cccc(Cl)c1)c1cc(N)ccc1N. The van der Waals surface area contributed by atoms with E-state index in [1.165, 1.54) is 0 Å². The minimum absolute atomic E-state index is 0.299. The van der Waals surface area contributed by atoms with Crippen LogP contribution in [-0.4, -0.2) is 12.7 Å². The van der Waals surface area contributed by atoms with E-state index in [9.17, 15) is 4.79 Å². The first-order valence-corrected chi connectivity index (χ1v) is 6.83. The molecule has 0 saturated heterocycles. The van der Waals surface area contributed by atoms with Gasteiger partial charge >= 0.3 is 6.03 Å². The number of benzene rings is 2. The van der Waals surface area contributed by atoms with Crippen LogP contribution in [0.5, 0.6) is 0 Å². The summed E-state index contributed by atoms with van der Waals surface area (Å²) in [6.07, 6.45) is 0. The number of carbonyl (C=O) groups excluding carboxylic acids is 1. The van der Waals surface area contributed by atoms with Gasteiger partial charge in [0.25, 0.3) is 0 Å². The van der Waals surface area contributed by atoms with Crippen molar-refractivity contribution in [2.45, 2.75) is 6.54 Å². The largest absolute Gasteiger partial charge is 0.399 e. The van der Waals surface area contributed by atoms with Crippen molar-refractivity contribution in [1.29, 1.82) is 0 Å². The van der Waals surface area contributed by atoms with Crippen LogP contribution in [0.3, 0.4) is 0 Å². The van der Waals surface area contributed by atoms with Gasteiger partial charge in [0.05, 0.1) is 11.4 Å². The summed E-state index contributed by atoms with van der Waals surface area (Å²) in [4.78, 5) is 12.2. The normalized spacial score (nSPS) is 10.0. The molecule has 7 heteroatoms. The molecule has 6 nitrogen and oxygen atoms in total. The third kappa shape index (κ3) is 3.67. The van der Waals surface area contributed by atoms with E-state index in [0.717, 1.165) is 10.6 Å². The maximum atomic E-state index is 12.2. The van der Waals surface area contributed by atoms with Crippen LogP contribution in [0, 0.1) is 0 Å². The fourth-order valence-corrected chi connectivity index (χ4v) is 2.11. The van der Waals surface area contributed by atoms with Crippen molar-refractivity contribution in [3.05, 3.63) is 53.1 Å². The first-order chi connectivity index (χ1) is 10.5. The molecule has 0 atom stereocenters. The summed E-state index contributed by atoms with van der Waals surface area (Å²) < 4.78 is 0. The lowest BCUT2D eigenvalue weighted by Crippen LogP contribution is -2.36. The number of nitrogens with zero attached hydrogens (tertiary/aromatic N) is 2. The van der Waals surface area contributed by atoms with Crippen molar-refractivity contribution in [1.82, 2.24) is 5.32 Å². The van der Waals surface area contributed by atoms with Gasteiger partial charge in [-0.1, -0.05) is 23.7 Å². The van der Waals surface area contributed by atoms with E-state index in [1.54, 1.807) is 30.3 Å². The van der Waals surface area contributed by atoms with Crippen LogP contribution in [0.2, 0.25) is 5.02 Å². The number of anilines is 3. The molecule has 5 N–H and O–H groups in total. The van der Waals surface area contributed by atoms with Gasteiger partial charge in [-0.3, -0.25) is 0 Å². The van der Waals surface area contributed by atoms with Crippen LogP contribution in [0.15, 0.2) is 47.6 Å². The minimum Gasteiger partial charge on any atom is -0.399 e. The van der Waals surface area contributed by atoms with Gasteiger partial charge < -0.3 is 16.8 Å². The van der Waals surface area contributed by atoms with Gasteiger partial charge in [0.1, 0.15) is 0 Å². The molecule has 0 unspecified atom stereocenters. The predicted molar refractivity (Wildman–Crippen MR) is 91.0 cm³/mol. The highest BCUT2D eigenvalue weighted by molar-refractivity contribution is 6.30. The zero-order valence-electron chi connectivity index (χ0n) is 11.8. The summed E-state index contributed by atoms with van der Waals surface area (Å²) in [5.41, 5.74) is 13.6. The van der Waals surface area contributed by atoms with Gasteiger partial charge in [-0.15, -0.1) is 0 Å². The number of carbonyl (C=O) groups is 1. The van der Waals surface area contributed by atoms with Gasteiger partial charge in [0, 0.05) is 24.0 Å². The van der Waals surface area contributed by atoms with Crippen LogP contribution in [0.25, 0.3) is 0 Å². The zero-order valence-corrected chi connectivity index (χ0v) is 12.5. The van der Waals surface area contributed by atoms with Crippen molar-refractivity contribution >= 4 is 41.4 Å². The van der Waals surface area contributed by atoms with Crippen molar-refractivity contribution in [2.75, 3.05) is 16.5 Å². The highest BCUT2D eigenvalue weighted by Gasteiger charge is 2.16. The van der Waals surface area contributed by atoms with Crippen LogP contribution in [-0.2, 0) is 6.54 Å². The Balaban J connectivity index is 2.12. The van der Waals surface area contributed by atoms with Crippen molar-refractivity contribution < 1.29 is 4.79 Å². The molecule has 0 aliphatic carbocycles. The molecule has 0 heterocycles. The molecule has 2 rings (SSSR count). The van der Waals surface area contributed by atoms with E-state index in [4.69, 9.17) is 23.1 Å². The number of halogens is 1. The molecule has 0 aromatic heterocycles. The van der Waals surface area contributed by atoms with Gasteiger partial charge in [0.2, 0.25) is 0 Å². The first-order valence-electron chi connectivity index (χ1n) is 6.45. The van der Waals surface area contributed by atoms with E-state index in [0.29, 0.717) is 28.6 Å². The van der Waals surface area contributed by atoms with Gasteiger partial charge in [-0.05, 0) is 35.9 Å². The van der Waals surface area contributed by atoms with E-state index >= 15 is 0 Å². The summed E-state index contributed by atoms with van der Waals surface area (Å²) in [5.74, 6) is 0. The summed E-state index contributed by atoms with van der Waals surface area (Å²) in [5, 5.41) is 8.09. The third-order valence-corrected chi connectivity index (χ3v) is 3.18. The monoisotopic (exact) mass is 317 g/mol. The molecule has 0 spiro atoms. The quantitative estimate of drug-likeness (QED) is 0.459. The lowest BCUT2D eigenvalue weighted by molar-refractivity contribution is 0.246. The standard InChI is InChI=1S/C15H16ClN5O/c1-19-21(14-8-12(17)5-6-13(14)18)15(22)20-9-10-3-2-4-11(16)7-10/h2-8H,1,9,17-18H2,(H,20,22). The second-order valence-corrected chi connectivity index (χ2v) is 5.00. The summed E-state index contributed by atoms with van der Waals surface area (Å²) >= 11 is 5.90. The summed E-state index contributed by atoms with van der Waals surface area (Å²) in [6, 6.07) is 11.5. The lowest BCUT2D eigenvalue weighted by atomic mass is 10.2. The molecule has 2 aromatic rings. The molecular weight excluding hydrogens is 302 g/mol. The van der Waals surface area contributed by atoms with Crippen molar-refractivity contribution in [3.63, 3.8) is 0 Å². The van der Waals surface area contributed by atoms with Gasteiger partial charge in [0.15, 0.2) is 0 Å². The fraction of sp³-hybridized carbons (Fsp3) is 0.0667. The van der Waals surface area contributed by atoms with E-state index < -0.39 is 6.03 Å². The van der Waals surface area contributed by atoms with Gasteiger partial charge in [-0.25, -0.2) is 4.79 Å². The number of amides is 2. The highest BCUT2D eigenvalue weighted by Crippen LogP contribution is 2.26. The van der Waals surface area contributed by atoms with E-state index in [2.05, 4.69) is 17.1 Å². The maximum Gasteiger partial charge on any atom is 0.342 e. The first kappa shape index (κ1) is 15.7. The zero-order chi connectivity index (χ0) is 16.1. The Morgan fingerprint density at radius 3 is 2.73 bits per heavy atom. The molecule has 2 amide bonds. The second-order valence-electron chi connectivity index (χ2n) is 4.56. The van der Waals surface area contributed by atoms with Crippen LogP contribution in [0.1, 0.15) is 5.56 Å². The van der Waals surface area contributed by atoms with Crippen LogP contribution < -0.4 is 21.8 Å². The molecular formula is C15H16ClN5O. The average molecular weight is 318 g/mol. The number of hydrogen-bond donors (Lipinski definition) is 3. The lowest BCUT2D eigenvalue weighted by Gasteiger charge is -2.19. The molecule has 114 valence electrons. The van der Waals surface area contributed by atoms with E-state index in [-0.39, 0.29) is 0 Å².